The molecule has 1 heterocycles. The second kappa shape index (κ2) is 49.8. The van der Waals surface area contributed by atoms with Crippen molar-refractivity contribution in [3.05, 3.63) is 48.6 Å². The lowest BCUT2D eigenvalue weighted by Gasteiger charge is -2.40. The molecule has 7 atom stereocenters. The molecule has 0 bridgehead atoms. The molecule has 11 heteroatoms. The van der Waals surface area contributed by atoms with Crippen molar-refractivity contribution in [3.63, 3.8) is 0 Å². The fourth-order valence-electron chi connectivity index (χ4n) is 8.90. The first-order valence-electron chi connectivity index (χ1n) is 29.4. The van der Waals surface area contributed by atoms with Gasteiger partial charge in [-0.25, -0.2) is 0 Å². The summed E-state index contributed by atoms with van der Waals surface area (Å²) in [4.78, 5) is 25.0. The Labute approximate surface area is 434 Å². The molecule has 0 aromatic carbocycles. The van der Waals surface area contributed by atoms with Crippen LogP contribution in [0.5, 0.6) is 0 Å². The summed E-state index contributed by atoms with van der Waals surface area (Å²) in [7, 11) is 0. The third kappa shape index (κ3) is 39.7. The number of ether oxygens (including phenoxy) is 3. The fourth-order valence-corrected chi connectivity index (χ4v) is 8.90. The molecule has 7 unspecified atom stereocenters. The summed E-state index contributed by atoms with van der Waals surface area (Å²) < 4.78 is 16.6. The van der Waals surface area contributed by atoms with Gasteiger partial charge in [0.25, 0.3) is 0 Å². The van der Waals surface area contributed by atoms with Crippen LogP contribution in [-0.2, 0) is 23.8 Å². The number of allylic oxidation sites excluding steroid dienone is 7. The van der Waals surface area contributed by atoms with Crippen LogP contribution in [0.15, 0.2) is 48.6 Å². The lowest BCUT2D eigenvalue weighted by atomic mass is 9.99. The maximum Gasteiger partial charge on any atom is 0.305 e. The summed E-state index contributed by atoms with van der Waals surface area (Å²) in [6, 6.07) is -0.832. The summed E-state index contributed by atoms with van der Waals surface area (Å²) >= 11 is 0. The first-order chi connectivity index (χ1) is 34.7. The molecular weight excluding hydrogens is 895 g/mol. The Balaban J connectivity index is 2.05. The summed E-state index contributed by atoms with van der Waals surface area (Å²) in [6.07, 6.45) is 52.2. The number of aliphatic hydroxyl groups excluding tert-OH is 5. The maximum atomic E-state index is 13.0. The largest absolute Gasteiger partial charge is 0.466 e. The van der Waals surface area contributed by atoms with Crippen LogP contribution in [-0.4, -0.2) is 100 Å². The van der Waals surface area contributed by atoms with E-state index in [1.165, 1.54) is 154 Å². The van der Waals surface area contributed by atoms with Gasteiger partial charge < -0.3 is 45.1 Å². The number of nitrogens with one attached hydrogen (secondary N) is 1. The molecule has 6 N–H and O–H groups in total. The van der Waals surface area contributed by atoms with Crippen molar-refractivity contribution in [2.75, 3.05) is 19.8 Å². The molecule has 1 saturated heterocycles. The molecule has 1 aliphatic heterocycles. The van der Waals surface area contributed by atoms with Gasteiger partial charge in [-0.1, -0.05) is 204 Å². The Morgan fingerprint density at radius 2 is 0.930 bits per heavy atom. The van der Waals surface area contributed by atoms with Crippen molar-refractivity contribution in [3.8, 4) is 0 Å². The van der Waals surface area contributed by atoms with E-state index in [0.29, 0.717) is 19.4 Å². The molecule has 0 radical (unpaired) electrons. The van der Waals surface area contributed by atoms with Gasteiger partial charge in [0.05, 0.1) is 32.0 Å². The molecule has 11 nitrogen and oxygen atoms in total. The minimum absolute atomic E-state index is 0.0148. The van der Waals surface area contributed by atoms with Crippen LogP contribution >= 0.6 is 0 Å². The van der Waals surface area contributed by atoms with E-state index in [9.17, 15) is 35.1 Å². The van der Waals surface area contributed by atoms with Crippen molar-refractivity contribution in [1.82, 2.24) is 5.32 Å². The maximum absolute atomic E-state index is 13.0. The van der Waals surface area contributed by atoms with Crippen molar-refractivity contribution >= 4 is 11.9 Å². The van der Waals surface area contributed by atoms with Crippen molar-refractivity contribution < 1.29 is 49.3 Å². The van der Waals surface area contributed by atoms with Crippen molar-refractivity contribution in [2.24, 2.45) is 0 Å². The average Bonchev–Trinajstić information content (AvgIpc) is 3.37. The minimum atomic E-state index is -1.58. The van der Waals surface area contributed by atoms with Crippen LogP contribution in [0.1, 0.15) is 258 Å². The highest BCUT2D eigenvalue weighted by atomic mass is 16.7. The third-order valence-electron chi connectivity index (χ3n) is 13.6. The summed E-state index contributed by atoms with van der Waals surface area (Å²) in [6.45, 7) is 4.24. The molecular formula is C60H109NO10. The van der Waals surface area contributed by atoms with E-state index in [1.54, 1.807) is 6.08 Å². The number of aliphatic hydroxyl groups is 5. The average molecular weight is 1000 g/mol. The van der Waals surface area contributed by atoms with Gasteiger partial charge in [0, 0.05) is 12.8 Å². The fraction of sp³-hybridized carbons (Fsp3) is 0.833. The molecule has 1 aliphatic rings. The first-order valence-corrected chi connectivity index (χ1v) is 29.4. The predicted molar refractivity (Wildman–Crippen MR) is 292 cm³/mol. The summed E-state index contributed by atoms with van der Waals surface area (Å²) in [5, 5.41) is 54.2. The number of hydrogen-bond acceptors (Lipinski definition) is 10. The highest BCUT2D eigenvalue weighted by Gasteiger charge is 2.44. The van der Waals surface area contributed by atoms with Crippen LogP contribution in [0.4, 0.5) is 0 Å². The molecule has 1 amide bonds. The standard InChI is InChI=1S/C60H109NO10/c1-3-5-7-9-11-13-27-32-36-40-44-48-56(65)69-49-45-41-37-33-29-26-24-22-20-18-16-15-17-19-21-23-25-28-31-35-39-43-47-55(64)61-52(51-70-60-59(68)58(67)57(66)54(50-62)71-60)53(63)46-42-38-34-30-14-12-10-8-6-4-2/h9,11,14,17,19,30,42,46,52-54,57-60,62-63,66-68H,3-8,10,12-13,15-16,18,20-29,31-41,43-45,47-51H2,1-2H3,(H,61,64)/b11-9-,19-17-,30-14+,46-42+. The molecule has 0 aromatic rings. The third-order valence-corrected chi connectivity index (χ3v) is 13.6. The molecule has 0 aromatic heterocycles. The van der Waals surface area contributed by atoms with E-state index >= 15 is 0 Å². The van der Waals surface area contributed by atoms with E-state index in [4.69, 9.17) is 14.2 Å². The normalized spacial score (nSPS) is 19.5. The molecule has 0 saturated carbocycles. The van der Waals surface area contributed by atoms with Gasteiger partial charge in [0.1, 0.15) is 24.4 Å². The first kappa shape index (κ1) is 66.6. The number of rotatable bonds is 50. The summed E-state index contributed by atoms with van der Waals surface area (Å²) in [5.41, 5.74) is 0. The zero-order valence-corrected chi connectivity index (χ0v) is 45.4. The zero-order valence-electron chi connectivity index (χ0n) is 45.4. The molecule has 1 fully saturated rings. The smallest absolute Gasteiger partial charge is 0.305 e. The SMILES string of the molecule is CCCC/C=C\CCCCCCCC(=O)OCCCCCCCCCCCCC/C=C\CCCCCCCCCC(=O)NC(COC1OC(CO)C(O)C(O)C1O)C(O)/C=C/CC/C=C/CCCCCC. The van der Waals surface area contributed by atoms with Gasteiger partial charge >= 0.3 is 5.97 Å². The van der Waals surface area contributed by atoms with E-state index in [2.05, 4.69) is 55.6 Å². The quantitative estimate of drug-likeness (QED) is 0.0195. The monoisotopic (exact) mass is 1000 g/mol. The van der Waals surface area contributed by atoms with E-state index in [0.717, 1.165) is 77.0 Å². The number of unbranched alkanes of at least 4 members (excludes halogenated alkanes) is 30. The van der Waals surface area contributed by atoms with Gasteiger partial charge in [0.2, 0.25) is 5.91 Å². The Morgan fingerprint density at radius 3 is 1.44 bits per heavy atom. The van der Waals surface area contributed by atoms with Gasteiger partial charge in [0.15, 0.2) is 6.29 Å². The number of carbonyl (C=O) groups excluding carboxylic acids is 2. The Kier molecular flexibility index (Phi) is 46.7. The predicted octanol–water partition coefficient (Wildman–Crippen LogP) is 13.3. The number of carbonyl (C=O) groups is 2. The Morgan fingerprint density at radius 1 is 0.507 bits per heavy atom. The topological polar surface area (TPSA) is 175 Å². The van der Waals surface area contributed by atoms with Crippen LogP contribution in [0, 0.1) is 0 Å². The lowest BCUT2D eigenvalue weighted by molar-refractivity contribution is -0.302. The molecule has 0 spiro atoms. The highest BCUT2D eigenvalue weighted by Crippen LogP contribution is 2.23. The number of hydrogen-bond donors (Lipinski definition) is 6. The van der Waals surface area contributed by atoms with Gasteiger partial charge in [-0.15, -0.1) is 0 Å². The van der Waals surface area contributed by atoms with Crippen LogP contribution in [0.25, 0.3) is 0 Å². The van der Waals surface area contributed by atoms with Crippen LogP contribution < -0.4 is 5.32 Å². The van der Waals surface area contributed by atoms with Gasteiger partial charge in [-0.05, 0) is 89.9 Å². The van der Waals surface area contributed by atoms with E-state index in [-0.39, 0.29) is 18.5 Å². The molecule has 0 aliphatic carbocycles. The number of amides is 1. The van der Waals surface area contributed by atoms with Crippen LogP contribution in [0.3, 0.4) is 0 Å². The number of esters is 1. The Bertz CT molecular complexity index is 1320. The van der Waals surface area contributed by atoms with Crippen molar-refractivity contribution in [1.29, 1.82) is 0 Å². The lowest BCUT2D eigenvalue weighted by Crippen LogP contribution is -2.60. The minimum Gasteiger partial charge on any atom is -0.466 e. The van der Waals surface area contributed by atoms with Gasteiger partial charge in [-0.2, -0.15) is 0 Å². The zero-order chi connectivity index (χ0) is 51.7. The van der Waals surface area contributed by atoms with Crippen LogP contribution in [0.2, 0.25) is 0 Å². The van der Waals surface area contributed by atoms with E-state index in [1.807, 2.05) is 6.08 Å². The Hall–Kier alpha value is -2.38. The van der Waals surface area contributed by atoms with E-state index < -0.39 is 49.5 Å². The second-order valence-electron chi connectivity index (χ2n) is 20.3. The molecule has 1 rings (SSSR count). The highest BCUT2D eigenvalue weighted by molar-refractivity contribution is 5.76. The summed E-state index contributed by atoms with van der Waals surface area (Å²) in [5.74, 6) is -0.216. The van der Waals surface area contributed by atoms with Crippen molar-refractivity contribution in [2.45, 2.75) is 301 Å². The molecule has 71 heavy (non-hydrogen) atoms. The van der Waals surface area contributed by atoms with Gasteiger partial charge in [-0.3, -0.25) is 9.59 Å². The molecule has 414 valence electrons. The second-order valence-corrected chi connectivity index (χ2v) is 20.3.